The maximum Gasteiger partial charge on any atom is 0.254 e. The smallest absolute Gasteiger partial charge is 0.254 e. The maximum absolute atomic E-state index is 13.3. The summed E-state index contributed by atoms with van der Waals surface area (Å²) in [5.74, 6) is -1.72. The van der Waals surface area contributed by atoms with Crippen LogP contribution >= 0.6 is 0 Å². The molecule has 12 heteroatoms. The molecule has 11 nitrogen and oxygen atoms in total. The van der Waals surface area contributed by atoms with Crippen LogP contribution in [0.4, 0.5) is 0 Å². The lowest BCUT2D eigenvalue weighted by molar-refractivity contribution is -0.153. The quantitative estimate of drug-likeness (QED) is 0.405. The number of rotatable bonds is 8. The Bertz CT molecular complexity index is 1090. The van der Waals surface area contributed by atoms with Gasteiger partial charge in [0.15, 0.2) is 12.2 Å². The molecule has 0 spiro atoms. The van der Waals surface area contributed by atoms with Crippen molar-refractivity contribution in [3.8, 4) is 0 Å². The Morgan fingerprint density at radius 1 is 1.15 bits per heavy atom. The van der Waals surface area contributed by atoms with E-state index in [1.807, 2.05) is 0 Å². The van der Waals surface area contributed by atoms with Gasteiger partial charge in [-0.2, -0.15) is 4.31 Å². The van der Waals surface area contributed by atoms with Crippen LogP contribution in [0, 0.1) is 0 Å². The van der Waals surface area contributed by atoms with Crippen LogP contribution in [0.1, 0.15) is 6.42 Å². The number of hydrogen-bond acceptors (Lipinski definition) is 8. The molecule has 1 saturated heterocycles. The van der Waals surface area contributed by atoms with E-state index in [4.69, 9.17) is 4.74 Å². The third kappa shape index (κ3) is 5.65. The number of aliphatic hydroxyl groups is 2. The van der Waals surface area contributed by atoms with Crippen molar-refractivity contribution in [3.05, 3.63) is 36.7 Å². The zero-order valence-corrected chi connectivity index (χ0v) is 19.1. The average molecular weight is 481 g/mol. The first-order valence-corrected chi connectivity index (χ1v) is 12.0. The summed E-state index contributed by atoms with van der Waals surface area (Å²) >= 11 is 0. The van der Waals surface area contributed by atoms with Crippen molar-refractivity contribution in [1.29, 1.82) is 0 Å². The molecule has 0 radical (unpaired) electrons. The zero-order chi connectivity index (χ0) is 24.0. The number of carbonyl (C=O) groups is 2. The molecule has 180 valence electrons. The van der Waals surface area contributed by atoms with Crippen LogP contribution in [0.3, 0.4) is 0 Å². The lowest BCUT2D eigenvalue weighted by Gasteiger charge is -2.26. The molecule has 2 atom stereocenters. The van der Waals surface area contributed by atoms with Gasteiger partial charge in [0.05, 0.1) is 11.5 Å². The minimum atomic E-state index is -3.84. The summed E-state index contributed by atoms with van der Waals surface area (Å²) < 4.78 is 32.8. The van der Waals surface area contributed by atoms with E-state index in [9.17, 15) is 28.2 Å². The number of hydrogen-bond donors (Lipinski definition) is 3. The Morgan fingerprint density at radius 2 is 1.94 bits per heavy atom. The summed E-state index contributed by atoms with van der Waals surface area (Å²) in [5.41, 5.74) is 0. The number of pyridine rings is 1. The van der Waals surface area contributed by atoms with E-state index in [0.29, 0.717) is 17.2 Å². The van der Waals surface area contributed by atoms with Crippen molar-refractivity contribution in [2.45, 2.75) is 23.5 Å². The van der Waals surface area contributed by atoms with Gasteiger partial charge >= 0.3 is 0 Å². The van der Waals surface area contributed by atoms with E-state index in [0.717, 1.165) is 0 Å². The van der Waals surface area contributed by atoms with Gasteiger partial charge in [-0.1, -0.05) is 12.1 Å². The second-order valence-corrected chi connectivity index (χ2v) is 9.52. The maximum atomic E-state index is 13.3. The lowest BCUT2D eigenvalue weighted by Crippen LogP contribution is -2.51. The summed E-state index contributed by atoms with van der Waals surface area (Å²) in [7, 11) is -2.40. The monoisotopic (exact) mass is 480 g/mol. The van der Waals surface area contributed by atoms with Crippen LogP contribution in [0.15, 0.2) is 41.6 Å². The Morgan fingerprint density at radius 3 is 2.70 bits per heavy atom. The molecule has 1 aliphatic heterocycles. The molecule has 0 saturated carbocycles. The van der Waals surface area contributed by atoms with Crippen molar-refractivity contribution in [2.75, 3.05) is 46.4 Å². The van der Waals surface area contributed by atoms with Gasteiger partial charge in [0.2, 0.25) is 10.0 Å². The Kier molecular flexibility index (Phi) is 8.32. The molecule has 3 N–H and O–H groups in total. The Labute approximate surface area is 192 Å². The molecule has 1 fully saturated rings. The van der Waals surface area contributed by atoms with Crippen molar-refractivity contribution in [2.24, 2.45) is 0 Å². The number of methoxy groups -OCH3 is 1. The topological polar surface area (TPSA) is 149 Å². The van der Waals surface area contributed by atoms with Gasteiger partial charge in [0.1, 0.15) is 0 Å². The highest BCUT2D eigenvalue weighted by Crippen LogP contribution is 2.26. The van der Waals surface area contributed by atoms with Crippen molar-refractivity contribution in [1.82, 2.24) is 19.5 Å². The fraction of sp³-hybridized carbons (Fsp3) is 0.476. The van der Waals surface area contributed by atoms with Crippen LogP contribution in [0.25, 0.3) is 10.8 Å². The molecule has 33 heavy (non-hydrogen) atoms. The third-order valence-corrected chi connectivity index (χ3v) is 7.41. The first-order chi connectivity index (χ1) is 15.8. The summed E-state index contributed by atoms with van der Waals surface area (Å²) in [5, 5.41) is 23.8. The van der Waals surface area contributed by atoms with Crippen LogP contribution in [-0.4, -0.2) is 103 Å². The largest absolute Gasteiger partial charge is 0.383 e. The third-order valence-electron chi connectivity index (χ3n) is 5.45. The molecular formula is C21H28N4O7S. The zero-order valence-electron chi connectivity index (χ0n) is 18.3. The Hall–Kier alpha value is -2.64. The highest BCUT2D eigenvalue weighted by Gasteiger charge is 2.35. The molecule has 2 aromatic rings. The van der Waals surface area contributed by atoms with Crippen LogP contribution < -0.4 is 5.32 Å². The van der Waals surface area contributed by atoms with E-state index < -0.39 is 34.0 Å². The van der Waals surface area contributed by atoms with E-state index in [-0.39, 0.29) is 44.2 Å². The van der Waals surface area contributed by atoms with Gasteiger partial charge in [-0.3, -0.25) is 14.6 Å². The second kappa shape index (κ2) is 11.0. The normalized spacial score (nSPS) is 17.4. The molecule has 2 heterocycles. The van der Waals surface area contributed by atoms with Crippen molar-refractivity contribution < 1.29 is 33.0 Å². The molecule has 2 amide bonds. The lowest BCUT2D eigenvalue weighted by atomic mass is 10.1. The Balaban J connectivity index is 1.68. The number of nitrogens with one attached hydrogen (secondary N) is 1. The molecule has 0 unspecified atom stereocenters. The van der Waals surface area contributed by atoms with E-state index in [1.165, 1.54) is 28.6 Å². The van der Waals surface area contributed by atoms with E-state index in [2.05, 4.69) is 10.3 Å². The molecule has 1 aliphatic rings. The summed E-state index contributed by atoms with van der Waals surface area (Å²) in [4.78, 5) is 30.0. The van der Waals surface area contributed by atoms with E-state index in [1.54, 1.807) is 24.4 Å². The van der Waals surface area contributed by atoms with Crippen molar-refractivity contribution in [3.63, 3.8) is 0 Å². The van der Waals surface area contributed by atoms with Crippen LogP contribution in [0.5, 0.6) is 0 Å². The number of fused-ring (bicyclic) bond motifs is 1. The van der Waals surface area contributed by atoms with Crippen LogP contribution in [0.2, 0.25) is 0 Å². The summed E-state index contributed by atoms with van der Waals surface area (Å²) in [6.45, 7) is 0.723. The number of nitrogens with zero attached hydrogens (tertiary/aromatic N) is 3. The van der Waals surface area contributed by atoms with Gasteiger partial charge in [-0.25, -0.2) is 8.42 Å². The van der Waals surface area contributed by atoms with Gasteiger partial charge in [0, 0.05) is 63.0 Å². The summed E-state index contributed by atoms with van der Waals surface area (Å²) in [6, 6.07) is 6.61. The minimum absolute atomic E-state index is 0.0123. The summed E-state index contributed by atoms with van der Waals surface area (Å²) in [6.07, 6.45) is -0.444. The number of aliphatic hydroxyl groups excluding tert-OH is 2. The predicted molar refractivity (Wildman–Crippen MR) is 119 cm³/mol. The van der Waals surface area contributed by atoms with Gasteiger partial charge < -0.3 is 25.2 Å². The molecular weight excluding hydrogens is 452 g/mol. The van der Waals surface area contributed by atoms with Gasteiger partial charge in [-0.15, -0.1) is 0 Å². The predicted octanol–water partition coefficient (Wildman–Crippen LogP) is -1.06. The highest BCUT2D eigenvalue weighted by atomic mass is 32.2. The number of sulfonamides is 1. The van der Waals surface area contributed by atoms with Gasteiger partial charge in [-0.05, 0) is 18.6 Å². The first-order valence-electron chi connectivity index (χ1n) is 10.5. The molecule has 1 aromatic carbocycles. The average Bonchev–Trinajstić information content (AvgIpc) is 3.09. The molecule has 1 aromatic heterocycles. The first kappa shape index (κ1) is 25.0. The number of benzene rings is 1. The second-order valence-electron chi connectivity index (χ2n) is 7.61. The molecule has 0 aliphatic carbocycles. The highest BCUT2D eigenvalue weighted by molar-refractivity contribution is 7.89. The molecule has 3 rings (SSSR count). The standard InChI is InChI=1S/C21H28N4O7S/c1-32-13-8-23-20(28)18(26)19(27)21(29)24-9-3-10-25(12-11-24)33(30,31)17-5-2-4-15-14-22-7-6-16(15)17/h2,4-7,14,18-19,26-27H,3,8-13H2,1H3,(H,23,28)/t18-,19-/m1/s1. The van der Waals surface area contributed by atoms with E-state index >= 15 is 0 Å². The minimum Gasteiger partial charge on any atom is -0.383 e. The fourth-order valence-corrected chi connectivity index (χ4v) is 5.34. The van der Waals surface area contributed by atoms with Gasteiger partial charge in [0.25, 0.3) is 11.8 Å². The number of aromatic nitrogens is 1. The number of carbonyl (C=O) groups excluding carboxylic acids is 2. The van der Waals surface area contributed by atoms with Crippen molar-refractivity contribution >= 4 is 32.6 Å². The fourth-order valence-electron chi connectivity index (χ4n) is 3.66. The van der Waals surface area contributed by atoms with Crippen LogP contribution in [-0.2, 0) is 24.3 Å². The molecule has 0 bridgehead atoms. The number of ether oxygens (including phenoxy) is 1. The number of amides is 2. The SMILES string of the molecule is COCCNC(=O)[C@H](O)[C@@H](O)C(=O)N1CCCN(S(=O)(=O)c2cccc3cnccc23)CC1.